The van der Waals surface area contributed by atoms with Crippen LogP contribution in [0.4, 0.5) is 5.69 Å². The van der Waals surface area contributed by atoms with Crippen LogP contribution in [0.3, 0.4) is 0 Å². The molecule has 0 fully saturated rings. The summed E-state index contributed by atoms with van der Waals surface area (Å²) in [4.78, 5) is 18.1. The van der Waals surface area contributed by atoms with Crippen molar-refractivity contribution in [3.63, 3.8) is 0 Å². The Kier molecular flexibility index (Phi) is 6.42. The molecule has 2 aliphatic rings. The van der Waals surface area contributed by atoms with E-state index < -0.39 is 0 Å². The molecule has 2 aliphatic heterocycles. The van der Waals surface area contributed by atoms with Gasteiger partial charge in [-0.15, -0.1) is 0 Å². The van der Waals surface area contributed by atoms with Crippen molar-refractivity contribution in [1.82, 2.24) is 0 Å². The standard InChI is InChI=1S/C37H28N4/c1-26-16-14-15-25-31(26)34-35(29-21-10-4-11-22-29)41(30-23-12-5-13-24-30)37(40-34)36-38-32(27-17-6-2-7-18-27)33(39-36)28-19-8-3-9-20-28/h2-25,35H,1H3. The third-order valence-corrected chi connectivity index (χ3v) is 7.50. The highest BCUT2D eigenvalue weighted by molar-refractivity contribution is 6.55. The van der Waals surface area contributed by atoms with Crippen LogP contribution in [0.2, 0.25) is 0 Å². The first-order valence-electron chi connectivity index (χ1n) is 13.8. The molecule has 5 aromatic carbocycles. The average Bonchev–Trinajstić information content (AvgIpc) is 3.66. The summed E-state index contributed by atoms with van der Waals surface area (Å²) in [5, 5.41) is 0. The Balaban J connectivity index is 1.51. The molecule has 5 aromatic rings. The maximum absolute atomic E-state index is 5.38. The van der Waals surface area contributed by atoms with E-state index in [9.17, 15) is 0 Å². The van der Waals surface area contributed by atoms with Crippen molar-refractivity contribution in [2.45, 2.75) is 13.0 Å². The summed E-state index contributed by atoms with van der Waals surface area (Å²) in [6, 6.07) is 49.9. The third-order valence-electron chi connectivity index (χ3n) is 7.50. The molecule has 41 heavy (non-hydrogen) atoms. The number of anilines is 1. The van der Waals surface area contributed by atoms with Gasteiger partial charge in [0.25, 0.3) is 0 Å². The first kappa shape index (κ1) is 24.7. The molecular formula is C37H28N4. The zero-order valence-electron chi connectivity index (χ0n) is 22.7. The maximum atomic E-state index is 5.38. The molecule has 0 N–H and O–H groups in total. The van der Waals surface area contributed by atoms with Gasteiger partial charge in [-0.3, -0.25) is 0 Å². The number of para-hydroxylation sites is 1. The molecule has 4 heteroatoms. The average molecular weight is 529 g/mol. The number of rotatable bonds is 5. The number of benzene rings is 5. The van der Waals surface area contributed by atoms with Crippen LogP contribution < -0.4 is 4.90 Å². The normalized spacial score (nSPS) is 16.5. The van der Waals surface area contributed by atoms with Gasteiger partial charge in [0.2, 0.25) is 0 Å². The zero-order chi connectivity index (χ0) is 27.6. The lowest BCUT2D eigenvalue weighted by Crippen LogP contribution is -2.28. The van der Waals surface area contributed by atoms with Crippen LogP contribution in [0.5, 0.6) is 0 Å². The smallest absolute Gasteiger partial charge is 0.197 e. The van der Waals surface area contributed by atoms with E-state index in [-0.39, 0.29) is 6.04 Å². The lowest BCUT2D eigenvalue weighted by atomic mass is 9.93. The first-order valence-corrected chi connectivity index (χ1v) is 13.8. The van der Waals surface area contributed by atoms with E-state index in [1.807, 2.05) is 42.5 Å². The Morgan fingerprint density at radius 1 is 0.512 bits per heavy atom. The summed E-state index contributed by atoms with van der Waals surface area (Å²) in [5.74, 6) is 1.35. The van der Waals surface area contributed by atoms with E-state index in [2.05, 4.69) is 115 Å². The molecule has 196 valence electrons. The molecular weight excluding hydrogens is 500 g/mol. The molecule has 0 saturated heterocycles. The highest BCUT2D eigenvalue weighted by atomic mass is 15.3. The fourth-order valence-electron chi connectivity index (χ4n) is 5.54. The van der Waals surface area contributed by atoms with Gasteiger partial charge in [0, 0.05) is 22.4 Å². The van der Waals surface area contributed by atoms with Gasteiger partial charge in [0.1, 0.15) is 6.04 Å². The van der Waals surface area contributed by atoms with Gasteiger partial charge in [0.05, 0.1) is 17.1 Å². The molecule has 1 atom stereocenters. The highest BCUT2D eigenvalue weighted by Gasteiger charge is 2.39. The summed E-state index contributed by atoms with van der Waals surface area (Å²) < 4.78 is 0. The Morgan fingerprint density at radius 3 is 1.56 bits per heavy atom. The van der Waals surface area contributed by atoms with Gasteiger partial charge in [-0.25, -0.2) is 15.0 Å². The number of aryl methyl sites for hydroxylation is 1. The van der Waals surface area contributed by atoms with Crippen LogP contribution >= 0.6 is 0 Å². The number of hydrogen-bond acceptors (Lipinski definition) is 4. The van der Waals surface area contributed by atoms with E-state index in [1.165, 1.54) is 5.56 Å². The van der Waals surface area contributed by atoms with Gasteiger partial charge in [-0.2, -0.15) is 0 Å². The maximum Gasteiger partial charge on any atom is 0.197 e. The minimum atomic E-state index is -0.145. The Bertz CT molecular complexity index is 1760. The second-order valence-corrected chi connectivity index (χ2v) is 10.1. The van der Waals surface area contributed by atoms with E-state index in [1.54, 1.807) is 0 Å². The molecule has 0 aromatic heterocycles. The Morgan fingerprint density at radius 2 is 1.00 bits per heavy atom. The highest BCUT2D eigenvalue weighted by Crippen LogP contribution is 2.42. The topological polar surface area (TPSA) is 40.3 Å². The monoisotopic (exact) mass is 528 g/mol. The van der Waals surface area contributed by atoms with Crippen LogP contribution in [-0.4, -0.2) is 17.1 Å². The van der Waals surface area contributed by atoms with Gasteiger partial charge in [0.15, 0.2) is 11.6 Å². The summed E-state index contributed by atoms with van der Waals surface area (Å²) in [5.41, 5.74) is 9.24. The van der Waals surface area contributed by atoms with Crippen molar-refractivity contribution in [2.24, 2.45) is 15.0 Å². The molecule has 2 heterocycles. The lowest BCUT2D eigenvalue weighted by Gasteiger charge is -2.29. The minimum absolute atomic E-state index is 0.145. The van der Waals surface area contributed by atoms with Crippen molar-refractivity contribution in [3.8, 4) is 0 Å². The van der Waals surface area contributed by atoms with Gasteiger partial charge in [-0.1, -0.05) is 133 Å². The molecule has 0 aliphatic carbocycles. The van der Waals surface area contributed by atoms with Crippen molar-refractivity contribution in [1.29, 1.82) is 0 Å². The Labute approximate surface area is 240 Å². The van der Waals surface area contributed by atoms with Gasteiger partial charge >= 0.3 is 0 Å². The molecule has 1 unspecified atom stereocenters. The van der Waals surface area contributed by atoms with E-state index in [0.29, 0.717) is 5.82 Å². The predicted octanol–water partition coefficient (Wildman–Crippen LogP) is 8.16. The largest absolute Gasteiger partial charge is 0.310 e. The molecule has 7 rings (SSSR count). The second kappa shape index (κ2) is 10.7. The molecule has 4 nitrogen and oxygen atoms in total. The van der Waals surface area contributed by atoms with E-state index >= 15 is 0 Å². The van der Waals surface area contributed by atoms with Crippen molar-refractivity contribution in [3.05, 3.63) is 185 Å². The minimum Gasteiger partial charge on any atom is -0.310 e. The number of nitrogens with zero attached hydrogens (tertiary/aromatic N) is 4. The summed E-state index contributed by atoms with van der Waals surface area (Å²) in [6.07, 6.45) is 0. The van der Waals surface area contributed by atoms with Crippen LogP contribution in [0.25, 0.3) is 0 Å². The van der Waals surface area contributed by atoms with Crippen LogP contribution in [-0.2, 0) is 0 Å². The summed E-state index contributed by atoms with van der Waals surface area (Å²) >= 11 is 0. The summed E-state index contributed by atoms with van der Waals surface area (Å²) in [6.45, 7) is 2.14. The third kappa shape index (κ3) is 4.60. The van der Waals surface area contributed by atoms with Crippen LogP contribution in [0, 0.1) is 6.92 Å². The van der Waals surface area contributed by atoms with Crippen molar-refractivity contribution >= 4 is 22.8 Å². The molecule has 0 bridgehead atoms. The van der Waals surface area contributed by atoms with E-state index in [4.69, 9.17) is 15.0 Å². The number of hydrogen-bond donors (Lipinski definition) is 0. The second-order valence-electron chi connectivity index (χ2n) is 10.1. The van der Waals surface area contributed by atoms with Crippen LogP contribution in [0.15, 0.2) is 172 Å². The predicted molar refractivity (Wildman–Crippen MR) is 169 cm³/mol. The van der Waals surface area contributed by atoms with Crippen LogP contribution in [0.1, 0.15) is 33.9 Å². The zero-order valence-corrected chi connectivity index (χ0v) is 22.7. The van der Waals surface area contributed by atoms with Crippen molar-refractivity contribution < 1.29 is 0 Å². The van der Waals surface area contributed by atoms with Gasteiger partial charge < -0.3 is 4.90 Å². The van der Waals surface area contributed by atoms with E-state index in [0.717, 1.165) is 50.9 Å². The molecule has 0 amide bonds. The Hall–Kier alpha value is -5.35. The summed E-state index contributed by atoms with van der Waals surface area (Å²) in [7, 11) is 0. The SMILES string of the molecule is Cc1ccccc1C1=NC(=C2N=C(c3ccccc3)C(c3ccccc3)=N2)N(c2ccccc2)C1c1ccccc1. The molecule has 0 radical (unpaired) electrons. The fraction of sp³-hybridized carbons (Fsp3) is 0.0541. The van der Waals surface area contributed by atoms with Crippen molar-refractivity contribution in [2.75, 3.05) is 4.90 Å². The lowest BCUT2D eigenvalue weighted by molar-refractivity contribution is 0.868. The molecule has 0 spiro atoms. The quantitative estimate of drug-likeness (QED) is 0.227. The number of aliphatic imine (C=N–C) groups is 3. The molecule has 0 saturated carbocycles. The first-order chi connectivity index (χ1) is 20.3. The fourth-order valence-corrected chi connectivity index (χ4v) is 5.54. The van der Waals surface area contributed by atoms with Gasteiger partial charge in [-0.05, 0) is 30.2 Å².